The smallest absolute Gasteiger partial charge is 0.353 e. The summed E-state index contributed by atoms with van der Waals surface area (Å²) in [6, 6.07) is 9.77. The maximum absolute atomic E-state index is 11.8. The van der Waals surface area contributed by atoms with Gasteiger partial charge in [-0.25, -0.2) is 4.79 Å². The van der Waals surface area contributed by atoms with E-state index in [1.54, 1.807) is 36.4 Å². The quantitative estimate of drug-likeness (QED) is 0.695. The van der Waals surface area contributed by atoms with Gasteiger partial charge in [-0.3, -0.25) is 4.79 Å². The normalized spacial score (nSPS) is 10.0. The summed E-state index contributed by atoms with van der Waals surface area (Å²) in [5.41, 5.74) is 0. The molecule has 98 valence electrons. The lowest BCUT2D eigenvalue weighted by molar-refractivity contribution is -0.114. The lowest BCUT2D eigenvalue weighted by Crippen LogP contribution is -2.06. The molecule has 0 radical (unpaired) electrons. The minimum atomic E-state index is -0.469. The van der Waals surface area contributed by atoms with Crippen LogP contribution in [0.1, 0.15) is 16.6 Å². The Morgan fingerprint density at radius 1 is 1.16 bits per heavy atom. The molecule has 6 heteroatoms. The van der Waals surface area contributed by atoms with Gasteiger partial charge in [-0.05, 0) is 36.4 Å². The predicted octanol–water partition coefficient (Wildman–Crippen LogP) is 3.58. The molecule has 0 saturated heterocycles. The molecule has 0 fully saturated rings. The van der Waals surface area contributed by atoms with E-state index in [-0.39, 0.29) is 5.91 Å². The number of ether oxygens (including phenoxy) is 1. The fourth-order valence-electron chi connectivity index (χ4n) is 1.35. The van der Waals surface area contributed by atoms with E-state index in [9.17, 15) is 9.59 Å². The van der Waals surface area contributed by atoms with E-state index in [2.05, 4.69) is 5.32 Å². The minimum Gasteiger partial charge on any atom is -0.422 e. The number of amides is 1. The molecule has 1 aromatic heterocycles. The molecule has 0 aliphatic carbocycles. The van der Waals surface area contributed by atoms with Gasteiger partial charge in [0.15, 0.2) is 0 Å². The molecule has 1 N–H and O–H groups in total. The second kappa shape index (κ2) is 5.86. The molecular formula is C13H10ClNO3S. The van der Waals surface area contributed by atoms with E-state index in [0.29, 0.717) is 20.7 Å². The van der Waals surface area contributed by atoms with Crippen LogP contribution in [0.15, 0.2) is 36.4 Å². The molecule has 1 amide bonds. The third-order valence-electron chi connectivity index (χ3n) is 2.13. The molecule has 0 spiro atoms. The predicted molar refractivity (Wildman–Crippen MR) is 75.0 cm³/mol. The van der Waals surface area contributed by atoms with Crippen LogP contribution in [-0.2, 0) is 4.79 Å². The zero-order chi connectivity index (χ0) is 13.8. The first kappa shape index (κ1) is 13.6. The van der Waals surface area contributed by atoms with Crippen molar-refractivity contribution < 1.29 is 14.3 Å². The van der Waals surface area contributed by atoms with Crippen molar-refractivity contribution in [3.8, 4) is 5.75 Å². The molecule has 2 aromatic rings. The van der Waals surface area contributed by atoms with Gasteiger partial charge in [0, 0.05) is 11.9 Å². The third-order valence-corrected chi connectivity index (χ3v) is 3.36. The van der Waals surface area contributed by atoms with Gasteiger partial charge in [0.2, 0.25) is 5.91 Å². The highest BCUT2D eigenvalue weighted by Gasteiger charge is 2.12. The summed E-state index contributed by atoms with van der Waals surface area (Å²) >= 11 is 6.90. The molecule has 1 heterocycles. The summed E-state index contributed by atoms with van der Waals surface area (Å²) in [5.74, 6) is -0.229. The summed E-state index contributed by atoms with van der Waals surface area (Å²) < 4.78 is 5.17. The maximum atomic E-state index is 11.8. The number of hydrogen-bond donors (Lipinski definition) is 1. The summed E-state index contributed by atoms with van der Waals surface area (Å²) in [6.07, 6.45) is 0. The van der Waals surface area contributed by atoms with Gasteiger partial charge in [0.05, 0.1) is 5.00 Å². The van der Waals surface area contributed by atoms with Crippen LogP contribution in [0.3, 0.4) is 0 Å². The number of thiophene rings is 1. The Morgan fingerprint density at radius 2 is 1.84 bits per heavy atom. The van der Waals surface area contributed by atoms with Gasteiger partial charge in [0.1, 0.15) is 10.6 Å². The Kier molecular flexibility index (Phi) is 4.19. The number of carbonyl (C=O) groups is 2. The van der Waals surface area contributed by atoms with Crippen LogP contribution in [0.5, 0.6) is 5.75 Å². The van der Waals surface area contributed by atoms with Crippen molar-refractivity contribution in [2.75, 3.05) is 5.32 Å². The molecule has 19 heavy (non-hydrogen) atoms. The van der Waals surface area contributed by atoms with E-state index in [0.717, 1.165) is 11.3 Å². The SMILES string of the molecule is CC(=O)Nc1ccc(C(=O)Oc2ccc(Cl)cc2)s1. The summed E-state index contributed by atoms with van der Waals surface area (Å²) in [4.78, 5) is 23.1. The lowest BCUT2D eigenvalue weighted by Gasteiger charge is -2.02. The number of nitrogens with one attached hydrogen (secondary N) is 1. The van der Waals surface area contributed by atoms with Crippen molar-refractivity contribution in [2.45, 2.75) is 6.92 Å². The van der Waals surface area contributed by atoms with Crippen LogP contribution < -0.4 is 10.1 Å². The monoisotopic (exact) mass is 295 g/mol. The summed E-state index contributed by atoms with van der Waals surface area (Å²) in [5, 5.41) is 3.79. The zero-order valence-corrected chi connectivity index (χ0v) is 11.5. The molecule has 0 aliphatic heterocycles. The largest absolute Gasteiger partial charge is 0.422 e. The standard InChI is InChI=1S/C13H10ClNO3S/c1-8(16)15-12-7-6-11(19-12)13(17)18-10-4-2-9(14)3-5-10/h2-7H,1H3,(H,15,16). The number of anilines is 1. The number of carbonyl (C=O) groups excluding carboxylic acids is 2. The van der Waals surface area contributed by atoms with E-state index in [4.69, 9.17) is 16.3 Å². The van der Waals surface area contributed by atoms with Crippen molar-refractivity contribution in [1.29, 1.82) is 0 Å². The van der Waals surface area contributed by atoms with Gasteiger partial charge < -0.3 is 10.1 Å². The number of rotatable bonds is 3. The van der Waals surface area contributed by atoms with Crippen LogP contribution in [0.4, 0.5) is 5.00 Å². The second-order valence-electron chi connectivity index (χ2n) is 3.69. The Hall–Kier alpha value is -1.85. The first-order valence-electron chi connectivity index (χ1n) is 5.40. The lowest BCUT2D eigenvalue weighted by atomic mass is 10.3. The highest BCUT2D eigenvalue weighted by atomic mass is 35.5. The van der Waals surface area contributed by atoms with Crippen molar-refractivity contribution in [3.05, 3.63) is 46.3 Å². The fourth-order valence-corrected chi connectivity index (χ4v) is 2.30. The highest BCUT2D eigenvalue weighted by Crippen LogP contribution is 2.24. The van der Waals surface area contributed by atoms with Crippen molar-refractivity contribution in [2.24, 2.45) is 0 Å². The molecule has 0 bridgehead atoms. The van der Waals surface area contributed by atoms with Crippen LogP contribution in [0, 0.1) is 0 Å². The average molecular weight is 296 g/mol. The van der Waals surface area contributed by atoms with Gasteiger partial charge in [-0.2, -0.15) is 0 Å². The molecule has 0 unspecified atom stereocenters. The van der Waals surface area contributed by atoms with E-state index in [1.165, 1.54) is 6.92 Å². The average Bonchev–Trinajstić information content (AvgIpc) is 2.80. The topological polar surface area (TPSA) is 55.4 Å². The molecule has 4 nitrogen and oxygen atoms in total. The number of benzene rings is 1. The zero-order valence-electron chi connectivity index (χ0n) is 9.98. The van der Waals surface area contributed by atoms with Gasteiger partial charge in [-0.1, -0.05) is 11.6 Å². The molecule has 2 rings (SSSR count). The van der Waals surface area contributed by atoms with E-state index < -0.39 is 5.97 Å². The van der Waals surface area contributed by atoms with Crippen LogP contribution in [0.2, 0.25) is 5.02 Å². The fraction of sp³-hybridized carbons (Fsp3) is 0.0769. The molecule has 0 atom stereocenters. The number of hydrogen-bond acceptors (Lipinski definition) is 4. The summed E-state index contributed by atoms with van der Waals surface area (Å²) in [6.45, 7) is 1.41. The first-order chi connectivity index (χ1) is 9.04. The van der Waals surface area contributed by atoms with Gasteiger partial charge >= 0.3 is 5.97 Å². The molecule has 1 aromatic carbocycles. The molecule has 0 aliphatic rings. The Balaban J connectivity index is 2.05. The Labute approximate surface area is 119 Å². The van der Waals surface area contributed by atoms with Crippen LogP contribution in [0.25, 0.3) is 0 Å². The van der Waals surface area contributed by atoms with Crippen molar-refractivity contribution in [3.63, 3.8) is 0 Å². The van der Waals surface area contributed by atoms with Crippen LogP contribution >= 0.6 is 22.9 Å². The van der Waals surface area contributed by atoms with Crippen molar-refractivity contribution in [1.82, 2.24) is 0 Å². The number of esters is 1. The number of halogens is 1. The van der Waals surface area contributed by atoms with Gasteiger partial charge in [-0.15, -0.1) is 11.3 Å². The third kappa shape index (κ3) is 3.81. The Bertz CT molecular complexity index is 607. The van der Waals surface area contributed by atoms with Crippen molar-refractivity contribution >= 4 is 39.8 Å². The van der Waals surface area contributed by atoms with E-state index >= 15 is 0 Å². The molecular weight excluding hydrogens is 286 g/mol. The van der Waals surface area contributed by atoms with Gasteiger partial charge in [0.25, 0.3) is 0 Å². The minimum absolute atomic E-state index is 0.181. The maximum Gasteiger partial charge on any atom is 0.353 e. The first-order valence-corrected chi connectivity index (χ1v) is 6.59. The Morgan fingerprint density at radius 3 is 2.47 bits per heavy atom. The second-order valence-corrected chi connectivity index (χ2v) is 5.21. The summed E-state index contributed by atoms with van der Waals surface area (Å²) in [7, 11) is 0. The van der Waals surface area contributed by atoms with E-state index in [1.807, 2.05) is 0 Å². The highest BCUT2D eigenvalue weighted by molar-refractivity contribution is 7.18. The van der Waals surface area contributed by atoms with Crippen LogP contribution in [-0.4, -0.2) is 11.9 Å². The molecule has 0 saturated carbocycles.